The van der Waals surface area contributed by atoms with Crippen LogP contribution in [-0.2, 0) is 14.4 Å². The topological polar surface area (TPSA) is 49.9 Å². The van der Waals surface area contributed by atoms with Gasteiger partial charge in [0.1, 0.15) is 17.3 Å². The maximum Gasteiger partial charge on any atom is 0.271 e. The fourth-order valence-corrected chi connectivity index (χ4v) is 8.83. The number of rotatable bonds is 3. The Hall–Kier alpha value is -4.49. The fourth-order valence-electron chi connectivity index (χ4n) is 8.53. The molecule has 5 aromatic rings. The van der Waals surface area contributed by atoms with E-state index in [4.69, 9.17) is 28.0 Å². The van der Waals surface area contributed by atoms with E-state index in [0.717, 1.165) is 22.3 Å². The molecule has 3 unspecified atom stereocenters. The first-order valence-corrected chi connectivity index (χ1v) is 15.5. The quantitative estimate of drug-likeness (QED) is 0.188. The predicted octanol–water partition coefficient (Wildman–Crippen LogP) is 8.22. The van der Waals surface area contributed by atoms with Crippen molar-refractivity contribution in [3.05, 3.63) is 165 Å². The molecule has 0 aromatic heterocycles. The summed E-state index contributed by atoms with van der Waals surface area (Å²) < 4.78 is 14.4. The van der Waals surface area contributed by atoms with Crippen molar-refractivity contribution in [2.75, 3.05) is 9.96 Å². The zero-order valence-corrected chi connectivity index (χ0v) is 25.0. The van der Waals surface area contributed by atoms with Crippen LogP contribution in [0.4, 0.5) is 15.8 Å². The van der Waals surface area contributed by atoms with Crippen molar-refractivity contribution in [1.29, 1.82) is 0 Å². The summed E-state index contributed by atoms with van der Waals surface area (Å²) in [7, 11) is 0. The van der Waals surface area contributed by atoms with Crippen molar-refractivity contribution in [2.45, 2.75) is 23.5 Å². The Balaban J connectivity index is 1.43. The Morgan fingerprint density at radius 2 is 1.20 bits per heavy atom. The number of hydroxylamine groups is 1. The van der Waals surface area contributed by atoms with Crippen molar-refractivity contribution >= 4 is 46.4 Å². The molecule has 0 radical (unpaired) electrons. The molecular weight excluding hydrogens is 610 g/mol. The summed E-state index contributed by atoms with van der Waals surface area (Å²) in [6, 6.07) is 35.6. The summed E-state index contributed by atoms with van der Waals surface area (Å²) in [6.45, 7) is 0. The van der Waals surface area contributed by atoms with Crippen molar-refractivity contribution < 1.29 is 18.8 Å². The summed E-state index contributed by atoms with van der Waals surface area (Å²) in [4.78, 5) is 39.4. The number of halogens is 3. The van der Waals surface area contributed by atoms with Gasteiger partial charge in [-0.05, 0) is 70.3 Å². The lowest BCUT2D eigenvalue weighted by atomic mass is 9.43. The van der Waals surface area contributed by atoms with Gasteiger partial charge in [0.2, 0.25) is 11.5 Å². The molecule has 3 atom stereocenters. The lowest BCUT2D eigenvalue weighted by molar-refractivity contribution is -0.153. The highest BCUT2D eigenvalue weighted by atomic mass is 35.5. The standard InChI is InChI=1S/C37H23Cl2FN2O3/c38-29-19-18-24(20-30(29)39)41-34(43)36-31-25-10-4-6-12-27(25)32(28-13-7-5-11-26(28)31)37(36,35(41)44)45-42(23-8-2-1-3-9-23)33(36)21-14-16-22(40)17-15-21/h1-20,31-33H. The summed E-state index contributed by atoms with van der Waals surface area (Å²) in [5.74, 6) is -2.47. The van der Waals surface area contributed by atoms with Gasteiger partial charge in [-0.25, -0.2) is 14.4 Å². The molecule has 2 heterocycles. The average molecular weight is 634 g/mol. The molecule has 0 saturated carbocycles. The maximum absolute atomic E-state index is 15.6. The van der Waals surface area contributed by atoms with Gasteiger partial charge in [-0.1, -0.05) is 102 Å². The number of hydrogen-bond donors (Lipinski definition) is 0. The third kappa shape index (κ3) is 3.17. The highest BCUT2D eigenvalue weighted by Gasteiger charge is 2.87. The number of benzene rings is 5. The Morgan fingerprint density at radius 3 is 1.80 bits per heavy atom. The highest BCUT2D eigenvalue weighted by Crippen LogP contribution is 2.77. The monoisotopic (exact) mass is 632 g/mol. The van der Waals surface area contributed by atoms with Crippen LogP contribution >= 0.6 is 23.2 Å². The molecular formula is C37H23Cl2FN2O3. The molecule has 0 spiro atoms. The maximum atomic E-state index is 15.6. The molecule has 5 aromatic carbocycles. The lowest BCUT2D eigenvalue weighted by Gasteiger charge is -2.55. The number of carbonyl (C=O) groups is 2. The number of para-hydroxylation sites is 1. The number of imide groups is 1. The van der Waals surface area contributed by atoms with Crippen LogP contribution in [0.1, 0.15) is 45.7 Å². The van der Waals surface area contributed by atoms with Crippen molar-refractivity contribution in [3.8, 4) is 0 Å². The van der Waals surface area contributed by atoms with Crippen molar-refractivity contribution in [2.24, 2.45) is 5.41 Å². The van der Waals surface area contributed by atoms with Gasteiger partial charge in [0, 0.05) is 5.92 Å². The summed E-state index contributed by atoms with van der Waals surface area (Å²) in [5, 5.41) is 2.25. The molecule has 3 aliphatic carbocycles. The van der Waals surface area contributed by atoms with Crippen LogP contribution in [0.5, 0.6) is 0 Å². The smallest absolute Gasteiger partial charge is 0.271 e. The number of nitrogens with zero attached hydrogens (tertiary/aromatic N) is 2. The van der Waals surface area contributed by atoms with Crippen molar-refractivity contribution in [3.63, 3.8) is 0 Å². The van der Waals surface area contributed by atoms with Gasteiger partial charge >= 0.3 is 0 Å². The molecule has 45 heavy (non-hydrogen) atoms. The molecule has 220 valence electrons. The Kier molecular flexibility index (Phi) is 5.53. The number of carbonyl (C=O) groups excluding carboxylic acids is 2. The van der Waals surface area contributed by atoms with Crippen LogP contribution in [0.25, 0.3) is 0 Å². The van der Waals surface area contributed by atoms with Crippen LogP contribution < -0.4 is 9.96 Å². The third-order valence-corrected chi connectivity index (χ3v) is 10.8. The van der Waals surface area contributed by atoms with E-state index < -0.39 is 46.5 Å². The van der Waals surface area contributed by atoms with E-state index in [-0.39, 0.29) is 5.02 Å². The van der Waals surface area contributed by atoms with Gasteiger partial charge in [0.05, 0.1) is 27.3 Å². The van der Waals surface area contributed by atoms with Gasteiger partial charge in [-0.2, -0.15) is 0 Å². The minimum atomic E-state index is -1.68. The van der Waals surface area contributed by atoms with E-state index in [1.807, 2.05) is 78.9 Å². The highest BCUT2D eigenvalue weighted by molar-refractivity contribution is 6.42. The second-order valence-electron chi connectivity index (χ2n) is 12.0. The molecule has 5 aliphatic rings. The van der Waals surface area contributed by atoms with E-state index in [1.54, 1.807) is 35.4 Å². The van der Waals surface area contributed by atoms with E-state index >= 15 is 9.59 Å². The van der Waals surface area contributed by atoms with E-state index in [0.29, 0.717) is 22.0 Å². The first-order valence-electron chi connectivity index (χ1n) is 14.7. The van der Waals surface area contributed by atoms with Gasteiger partial charge < -0.3 is 0 Å². The Bertz CT molecular complexity index is 2030. The average Bonchev–Trinajstić information content (AvgIpc) is 3.50. The molecule has 5 nitrogen and oxygen atoms in total. The molecule has 10 rings (SSSR count). The van der Waals surface area contributed by atoms with Gasteiger partial charge in [0.25, 0.3) is 5.91 Å². The van der Waals surface area contributed by atoms with Crippen LogP contribution in [0.2, 0.25) is 10.0 Å². The number of amides is 2. The van der Waals surface area contributed by atoms with Crippen LogP contribution in [0.15, 0.2) is 121 Å². The first kappa shape index (κ1) is 26.9. The van der Waals surface area contributed by atoms with Gasteiger partial charge in [-0.15, -0.1) is 0 Å². The second-order valence-corrected chi connectivity index (χ2v) is 12.8. The zero-order chi connectivity index (χ0) is 30.7. The molecule has 2 bridgehead atoms. The zero-order valence-electron chi connectivity index (χ0n) is 23.5. The van der Waals surface area contributed by atoms with Crippen molar-refractivity contribution in [1.82, 2.24) is 0 Å². The molecule has 2 amide bonds. The minimum absolute atomic E-state index is 0.223. The molecule has 2 aliphatic heterocycles. The minimum Gasteiger partial charge on any atom is -0.273 e. The normalized spacial score (nSPS) is 27.3. The second kappa shape index (κ2) is 9.27. The van der Waals surface area contributed by atoms with E-state index in [9.17, 15) is 4.39 Å². The third-order valence-electron chi connectivity index (χ3n) is 10.1. The van der Waals surface area contributed by atoms with Gasteiger partial charge in [-0.3, -0.25) is 14.4 Å². The van der Waals surface area contributed by atoms with E-state index in [2.05, 4.69) is 0 Å². The fraction of sp³-hybridized carbons (Fsp3) is 0.135. The lowest BCUT2D eigenvalue weighted by Crippen LogP contribution is -2.63. The Morgan fingerprint density at radius 1 is 0.622 bits per heavy atom. The predicted molar refractivity (Wildman–Crippen MR) is 170 cm³/mol. The first-order chi connectivity index (χ1) is 21.9. The van der Waals surface area contributed by atoms with Crippen LogP contribution in [0, 0.1) is 11.2 Å². The van der Waals surface area contributed by atoms with E-state index in [1.165, 1.54) is 17.0 Å². The SMILES string of the molecule is O=C1N(c2ccc(Cl)c(Cl)c2)C(=O)C23C4c5ccccc5C(c5ccccc54)C12ON(c1ccccc1)C3c1ccc(F)cc1. The number of anilines is 2. The summed E-state index contributed by atoms with van der Waals surface area (Å²) >= 11 is 12.7. The molecule has 8 heteroatoms. The van der Waals surface area contributed by atoms with Gasteiger partial charge in [0.15, 0.2) is 0 Å². The number of hydrogen-bond acceptors (Lipinski definition) is 4. The van der Waals surface area contributed by atoms with Crippen LogP contribution in [-0.4, -0.2) is 17.4 Å². The summed E-state index contributed by atoms with van der Waals surface area (Å²) in [5.41, 5.74) is 2.31. The largest absolute Gasteiger partial charge is 0.273 e. The van der Waals surface area contributed by atoms with Crippen LogP contribution in [0.3, 0.4) is 0 Å². The molecule has 0 N–H and O–H groups in total. The molecule has 2 saturated heterocycles. The summed E-state index contributed by atoms with van der Waals surface area (Å²) in [6.07, 6.45) is 0. The Labute approximate surface area is 268 Å². The molecule has 2 fully saturated rings.